The predicted octanol–water partition coefficient (Wildman–Crippen LogP) is 2.55. The number of carbonyl (C=O) groups is 1. The first-order chi connectivity index (χ1) is 11.4. The van der Waals surface area contributed by atoms with E-state index < -0.39 is 5.82 Å². The van der Waals surface area contributed by atoms with Crippen molar-refractivity contribution in [2.75, 3.05) is 13.7 Å². The highest BCUT2D eigenvalue weighted by atomic mass is 19.1. The van der Waals surface area contributed by atoms with Crippen LogP contribution in [0.5, 0.6) is 11.6 Å². The largest absolute Gasteiger partial charge is 0.494 e. The molecule has 0 radical (unpaired) electrons. The molecule has 130 valence electrons. The summed E-state index contributed by atoms with van der Waals surface area (Å²) in [7, 11) is 3.01. The maximum atomic E-state index is 14.0. The number of carbonyl (C=O) groups excluding carboxylic acids is 1. The van der Waals surface area contributed by atoms with Crippen LogP contribution in [0.4, 0.5) is 4.39 Å². The van der Waals surface area contributed by atoms with E-state index in [0.29, 0.717) is 17.7 Å². The van der Waals surface area contributed by atoms with Gasteiger partial charge in [-0.25, -0.2) is 9.07 Å². The van der Waals surface area contributed by atoms with Crippen LogP contribution in [-0.2, 0) is 23.0 Å². The van der Waals surface area contributed by atoms with Crippen LogP contribution in [0.1, 0.15) is 30.5 Å². The van der Waals surface area contributed by atoms with Crippen molar-refractivity contribution >= 4 is 5.97 Å². The van der Waals surface area contributed by atoms with Gasteiger partial charge < -0.3 is 14.6 Å². The molecule has 0 aliphatic heterocycles. The van der Waals surface area contributed by atoms with Gasteiger partial charge in [0.05, 0.1) is 25.8 Å². The molecule has 7 heteroatoms. The van der Waals surface area contributed by atoms with Crippen LogP contribution in [-0.4, -0.2) is 34.6 Å². The molecule has 1 aromatic carbocycles. The van der Waals surface area contributed by atoms with E-state index in [-0.39, 0.29) is 36.5 Å². The van der Waals surface area contributed by atoms with Crippen LogP contribution >= 0.6 is 0 Å². The molecule has 0 aliphatic carbocycles. The van der Waals surface area contributed by atoms with Gasteiger partial charge in [-0.05, 0) is 31.0 Å². The molecule has 0 unspecified atom stereocenters. The zero-order chi connectivity index (χ0) is 17.7. The van der Waals surface area contributed by atoms with Gasteiger partial charge in [0.1, 0.15) is 0 Å². The van der Waals surface area contributed by atoms with Crippen molar-refractivity contribution in [2.24, 2.45) is 7.05 Å². The molecule has 0 saturated carbocycles. The number of hydrogen-bond acceptors (Lipinski definition) is 5. The number of aromatic hydroxyl groups is 1. The van der Waals surface area contributed by atoms with Crippen LogP contribution in [0.3, 0.4) is 0 Å². The highest BCUT2D eigenvalue weighted by Gasteiger charge is 2.21. The smallest absolute Gasteiger partial charge is 0.306 e. The van der Waals surface area contributed by atoms with Gasteiger partial charge in [0, 0.05) is 19.0 Å². The van der Waals surface area contributed by atoms with Crippen molar-refractivity contribution in [3.8, 4) is 11.6 Å². The minimum absolute atomic E-state index is 0.0285. The third-order valence-corrected chi connectivity index (χ3v) is 3.73. The molecular weight excluding hydrogens is 315 g/mol. The molecule has 24 heavy (non-hydrogen) atoms. The van der Waals surface area contributed by atoms with Crippen LogP contribution in [0, 0.1) is 5.82 Å². The number of esters is 1. The maximum Gasteiger partial charge on any atom is 0.306 e. The zero-order valence-electron chi connectivity index (χ0n) is 14.0. The lowest BCUT2D eigenvalue weighted by atomic mass is 9.91. The predicted molar refractivity (Wildman–Crippen MR) is 85.5 cm³/mol. The topological polar surface area (TPSA) is 73.6 Å². The first-order valence-corrected chi connectivity index (χ1v) is 7.65. The monoisotopic (exact) mass is 336 g/mol. The van der Waals surface area contributed by atoms with E-state index in [4.69, 9.17) is 9.47 Å². The average molecular weight is 336 g/mol. The van der Waals surface area contributed by atoms with E-state index in [1.165, 1.54) is 30.0 Å². The Morgan fingerprint density at radius 1 is 1.42 bits per heavy atom. The fourth-order valence-electron chi connectivity index (χ4n) is 2.53. The Bertz CT molecular complexity index is 695. The summed E-state index contributed by atoms with van der Waals surface area (Å²) in [5, 5.41) is 13.8. The lowest BCUT2D eigenvalue weighted by molar-refractivity contribution is -0.143. The number of nitrogens with zero attached hydrogens (tertiary/aromatic N) is 2. The number of aryl methyl sites for hydroxylation is 1. The molecule has 0 saturated heterocycles. The quantitative estimate of drug-likeness (QED) is 0.787. The molecule has 1 heterocycles. The van der Waals surface area contributed by atoms with Crippen molar-refractivity contribution in [1.82, 2.24) is 9.78 Å². The number of rotatable bonds is 7. The van der Waals surface area contributed by atoms with Gasteiger partial charge in [-0.1, -0.05) is 6.07 Å². The molecule has 1 aromatic heterocycles. The second kappa shape index (κ2) is 7.81. The Morgan fingerprint density at radius 3 is 2.71 bits per heavy atom. The molecule has 2 aromatic rings. The van der Waals surface area contributed by atoms with Gasteiger partial charge in [-0.3, -0.25) is 4.79 Å². The van der Waals surface area contributed by atoms with Crippen molar-refractivity contribution in [3.63, 3.8) is 0 Å². The Kier molecular flexibility index (Phi) is 5.78. The summed E-state index contributed by atoms with van der Waals surface area (Å²) in [6, 6.07) is 6.12. The third-order valence-electron chi connectivity index (χ3n) is 3.73. The minimum Gasteiger partial charge on any atom is -0.494 e. The summed E-state index contributed by atoms with van der Waals surface area (Å²) < 4.78 is 25.3. The highest BCUT2D eigenvalue weighted by molar-refractivity contribution is 5.70. The van der Waals surface area contributed by atoms with Gasteiger partial charge in [0.2, 0.25) is 5.88 Å². The Hall–Kier alpha value is -2.57. The van der Waals surface area contributed by atoms with Crippen molar-refractivity contribution in [3.05, 3.63) is 41.3 Å². The van der Waals surface area contributed by atoms with Crippen LogP contribution < -0.4 is 4.74 Å². The van der Waals surface area contributed by atoms with E-state index in [2.05, 4.69) is 5.10 Å². The van der Waals surface area contributed by atoms with Crippen molar-refractivity contribution in [1.29, 1.82) is 0 Å². The highest BCUT2D eigenvalue weighted by Crippen LogP contribution is 2.29. The molecule has 1 N–H and O–H groups in total. The normalized spacial score (nSPS) is 12.0. The lowest BCUT2D eigenvalue weighted by Crippen LogP contribution is -2.13. The molecule has 0 bridgehead atoms. The van der Waals surface area contributed by atoms with E-state index >= 15 is 0 Å². The SMILES string of the molecule is CCOC(=O)C[C@H](Cc1cc(O)n(C)n1)c1ccc(OC)c(F)c1. The Labute approximate surface area is 139 Å². The standard InChI is InChI=1S/C17H21FN2O4/c1-4-24-17(22)9-12(7-13-10-16(21)20(2)19-13)11-5-6-15(23-3)14(18)8-11/h5-6,8,10,12,21H,4,7,9H2,1-3H3/t12-/m0/s1. The van der Waals surface area contributed by atoms with Crippen LogP contribution in [0.25, 0.3) is 0 Å². The average Bonchev–Trinajstić information content (AvgIpc) is 2.85. The van der Waals surface area contributed by atoms with Crippen molar-refractivity contribution < 1.29 is 23.8 Å². The Balaban J connectivity index is 2.27. The summed E-state index contributed by atoms with van der Waals surface area (Å²) in [4.78, 5) is 11.9. The third kappa shape index (κ3) is 4.24. The summed E-state index contributed by atoms with van der Waals surface area (Å²) in [6.07, 6.45) is 0.468. The van der Waals surface area contributed by atoms with Gasteiger partial charge >= 0.3 is 5.97 Å². The molecule has 0 amide bonds. The molecule has 1 atom stereocenters. The van der Waals surface area contributed by atoms with Crippen LogP contribution in [0.2, 0.25) is 0 Å². The molecular formula is C17H21FN2O4. The number of aromatic nitrogens is 2. The van der Waals surface area contributed by atoms with Crippen LogP contribution in [0.15, 0.2) is 24.3 Å². The Morgan fingerprint density at radius 2 is 2.17 bits per heavy atom. The summed E-state index contributed by atoms with van der Waals surface area (Å²) in [5.41, 5.74) is 1.26. The van der Waals surface area contributed by atoms with E-state index in [1.807, 2.05) is 0 Å². The van der Waals surface area contributed by atoms with Gasteiger partial charge in [-0.15, -0.1) is 0 Å². The number of benzene rings is 1. The second-order valence-electron chi connectivity index (χ2n) is 5.42. The fourth-order valence-corrected chi connectivity index (χ4v) is 2.53. The molecule has 0 fully saturated rings. The molecule has 0 spiro atoms. The van der Waals surface area contributed by atoms with Gasteiger partial charge in [0.25, 0.3) is 0 Å². The minimum atomic E-state index is -0.493. The van der Waals surface area contributed by atoms with E-state index in [9.17, 15) is 14.3 Å². The van der Waals surface area contributed by atoms with E-state index in [0.717, 1.165) is 0 Å². The number of hydrogen-bond donors (Lipinski definition) is 1. The van der Waals surface area contributed by atoms with Crippen molar-refractivity contribution in [2.45, 2.75) is 25.7 Å². The van der Waals surface area contributed by atoms with E-state index in [1.54, 1.807) is 20.0 Å². The molecule has 0 aliphatic rings. The first kappa shape index (κ1) is 17.8. The number of halogens is 1. The lowest BCUT2D eigenvalue weighted by Gasteiger charge is -2.16. The first-order valence-electron chi connectivity index (χ1n) is 7.65. The van der Waals surface area contributed by atoms with Gasteiger partial charge in [0.15, 0.2) is 11.6 Å². The number of ether oxygens (including phenoxy) is 2. The summed E-state index contributed by atoms with van der Waals surface area (Å²) >= 11 is 0. The summed E-state index contributed by atoms with van der Waals surface area (Å²) in [5.74, 6) is -1.00. The molecule has 6 nitrogen and oxygen atoms in total. The molecule has 2 rings (SSSR count). The fraction of sp³-hybridized carbons (Fsp3) is 0.412. The maximum absolute atomic E-state index is 14.0. The summed E-state index contributed by atoms with van der Waals surface area (Å²) in [6.45, 7) is 2.02. The second-order valence-corrected chi connectivity index (χ2v) is 5.42. The number of methoxy groups -OCH3 is 1. The zero-order valence-corrected chi connectivity index (χ0v) is 14.0. The van der Waals surface area contributed by atoms with Gasteiger partial charge in [-0.2, -0.15) is 5.10 Å².